The highest BCUT2D eigenvalue weighted by Gasteiger charge is 2.18. The van der Waals surface area contributed by atoms with Crippen LogP contribution < -0.4 is 0 Å². The number of benzene rings is 1. The number of hydrogen-bond donors (Lipinski definition) is 1. The van der Waals surface area contributed by atoms with Gasteiger partial charge >= 0.3 is 0 Å². The average molecular weight is 297 g/mol. The number of nitro groups is 1. The van der Waals surface area contributed by atoms with E-state index in [4.69, 9.17) is 0 Å². The van der Waals surface area contributed by atoms with Crippen LogP contribution in [0.1, 0.15) is 5.56 Å². The van der Waals surface area contributed by atoms with Gasteiger partial charge in [-0.05, 0) is 17.7 Å². The maximum Gasteiger partial charge on any atom is 0.242 e. The molecule has 0 aliphatic rings. The Hall–Kier alpha value is -1.93. The van der Waals surface area contributed by atoms with Gasteiger partial charge in [-0.3, -0.25) is 10.1 Å². The van der Waals surface area contributed by atoms with E-state index < -0.39 is 10.0 Å². The smallest absolute Gasteiger partial charge is 0.242 e. The first kappa shape index (κ1) is 14.5. The van der Waals surface area contributed by atoms with Gasteiger partial charge in [-0.2, -0.15) is 0 Å². The molecule has 1 N–H and O–H groups in total. The number of H-pyrrole nitrogens is 1. The Kier molecular flexibility index (Phi) is 3.78. The number of rotatable bonds is 5. The predicted molar refractivity (Wildman–Crippen MR) is 74.7 cm³/mol. The van der Waals surface area contributed by atoms with Gasteiger partial charge < -0.3 is 4.98 Å². The van der Waals surface area contributed by atoms with Crippen molar-refractivity contribution in [2.24, 2.45) is 0 Å². The van der Waals surface area contributed by atoms with Crippen LogP contribution in [0.2, 0.25) is 0 Å². The Morgan fingerprint density at radius 3 is 2.65 bits per heavy atom. The third-order valence-corrected chi connectivity index (χ3v) is 4.89. The summed E-state index contributed by atoms with van der Waals surface area (Å²) >= 11 is 0. The Balaban J connectivity index is 2.41. The van der Waals surface area contributed by atoms with Crippen molar-refractivity contribution in [2.75, 3.05) is 20.6 Å². The van der Waals surface area contributed by atoms with Crippen molar-refractivity contribution >= 4 is 20.9 Å². The third-order valence-electron chi connectivity index (χ3n) is 3.08. The monoisotopic (exact) mass is 297 g/mol. The van der Waals surface area contributed by atoms with Gasteiger partial charge in [-0.25, -0.2) is 12.7 Å². The lowest BCUT2D eigenvalue weighted by molar-refractivity contribution is -0.479. The second kappa shape index (κ2) is 5.22. The molecule has 1 aromatic carbocycles. The number of nitrogens with one attached hydrogen (secondary N) is 1. The molecular formula is C12H15N3O4S. The summed E-state index contributed by atoms with van der Waals surface area (Å²) in [6.07, 6.45) is 1.99. The minimum atomic E-state index is -3.48. The lowest BCUT2D eigenvalue weighted by Crippen LogP contribution is -2.22. The number of sulfonamides is 1. The van der Waals surface area contributed by atoms with Crippen LogP contribution in [0.3, 0.4) is 0 Å². The molecule has 1 aromatic heterocycles. The van der Waals surface area contributed by atoms with E-state index >= 15 is 0 Å². The Morgan fingerprint density at radius 1 is 1.35 bits per heavy atom. The van der Waals surface area contributed by atoms with Gasteiger partial charge in [0.25, 0.3) is 0 Å². The summed E-state index contributed by atoms with van der Waals surface area (Å²) in [5.41, 5.74) is 1.47. The van der Waals surface area contributed by atoms with E-state index in [1.807, 2.05) is 0 Å². The summed E-state index contributed by atoms with van der Waals surface area (Å²) in [6.45, 7) is -0.148. The molecule has 0 spiro atoms. The maximum atomic E-state index is 12.0. The highest BCUT2D eigenvalue weighted by Crippen LogP contribution is 2.23. The summed E-state index contributed by atoms with van der Waals surface area (Å²) in [6, 6.07) is 4.74. The standard InChI is InChI=1S/C12H15N3O4S/c1-14(2)20(18,19)10-3-4-11-9(5-6-15(16)17)8-13-12(11)7-10/h3-4,7-8,13H,5-6H2,1-2H3. The van der Waals surface area contributed by atoms with Crippen molar-refractivity contribution in [3.05, 3.63) is 40.1 Å². The number of nitrogens with zero attached hydrogens (tertiary/aromatic N) is 2. The fourth-order valence-electron chi connectivity index (χ4n) is 1.96. The van der Waals surface area contributed by atoms with Crippen molar-refractivity contribution in [2.45, 2.75) is 11.3 Å². The molecule has 8 heteroatoms. The summed E-state index contributed by atoms with van der Waals surface area (Å²) in [5.74, 6) is 0. The molecule has 0 aliphatic heterocycles. The Bertz CT molecular complexity index is 749. The first-order valence-corrected chi connectivity index (χ1v) is 7.40. The zero-order valence-electron chi connectivity index (χ0n) is 11.2. The number of hydrogen-bond acceptors (Lipinski definition) is 4. The summed E-state index contributed by atoms with van der Waals surface area (Å²) in [4.78, 5) is 13.2. The summed E-state index contributed by atoms with van der Waals surface area (Å²) < 4.78 is 25.2. The third kappa shape index (κ3) is 2.66. The van der Waals surface area contributed by atoms with Gasteiger partial charge in [0.1, 0.15) is 0 Å². The van der Waals surface area contributed by atoms with Crippen molar-refractivity contribution in [1.82, 2.24) is 9.29 Å². The van der Waals surface area contributed by atoms with Gasteiger partial charge in [-0.15, -0.1) is 0 Å². The average Bonchev–Trinajstić information content (AvgIpc) is 2.78. The van der Waals surface area contributed by atoms with Crippen molar-refractivity contribution in [1.29, 1.82) is 0 Å². The van der Waals surface area contributed by atoms with Crippen LogP contribution in [-0.4, -0.2) is 43.3 Å². The molecule has 0 saturated carbocycles. The zero-order chi connectivity index (χ0) is 14.9. The van der Waals surface area contributed by atoms with Crippen LogP contribution in [0, 0.1) is 10.1 Å². The van der Waals surface area contributed by atoms with E-state index in [1.165, 1.54) is 20.2 Å². The predicted octanol–water partition coefficient (Wildman–Crippen LogP) is 1.24. The molecule has 0 unspecified atom stereocenters. The first-order chi connectivity index (χ1) is 9.32. The topological polar surface area (TPSA) is 96.3 Å². The molecule has 0 bridgehead atoms. The van der Waals surface area contributed by atoms with Gasteiger partial charge in [0.05, 0.1) is 4.90 Å². The molecule has 0 amide bonds. The number of aromatic amines is 1. The van der Waals surface area contributed by atoms with Crippen LogP contribution in [0.15, 0.2) is 29.3 Å². The van der Waals surface area contributed by atoms with Gasteiger partial charge in [0.2, 0.25) is 16.6 Å². The van der Waals surface area contributed by atoms with E-state index in [1.54, 1.807) is 18.3 Å². The van der Waals surface area contributed by atoms with E-state index in [9.17, 15) is 18.5 Å². The molecule has 0 aliphatic carbocycles. The molecule has 2 aromatic rings. The van der Waals surface area contributed by atoms with Crippen LogP contribution in [0.5, 0.6) is 0 Å². The second-order valence-corrected chi connectivity index (χ2v) is 6.77. The SMILES string of the molecule is CN(C)S(=O)(=O)c1ccc2c(CC[N+](=O)[O-])c[nH]c2c1. The Labute approximate surface area is 116 Å². The molecule has 0 radical (unpaired) electrons. The van der Waals surface area contributed by atoms with Gasteiger partial charge in [0, 0.05) is 42.5 Å². The molecule has 108 valence electrons. The maximum absolute atomic E-state index is 12.0. The number of fused-ring (bicyclic) bond motifs is 1. The molecule has 7 nitrogen and oxygen atoms in total. The lowest BCUT2D eigenvalue weighted by Gasteiger charge is -2.11. The largest absolute Gasteiger partial charge is 0.361 e. The van der Waals surface area contributed by atoms with Crippen LogP contribution in [0.4, 0.5) is 0 Å². The quantitative estimate of drug-likeness (QED) is 0.663. The van der Waals surface area contributed by atoms with E-state index in [0.717, 1.165) is 15.3 Å². The fraction of sp³-hybridized carbons (Fsp3) is 0.333. The van der Waals surface area contributed by atoms with E-state index in [-0.39, 0.29) is 16.4 Å². The normalized spacial score (nSPS) is 12.2. The van der Waals surface area contributed by atoms with Crippen LogP contribution in [-0.2, 0) is 16.4 Å². The van der Waals surface area contributed by atoms with Crippen LogP contribution >= 0.6 is 0 Å². The highest BCUT2D eigenvalue weighted by atomic mass is 32.2. The lowest BCUT2D eigenvalue weighted by atomic mass is 10.1. The minimum Gasteiger partial charge on any atom is -0.361 e. The van der Waals surface area contributed by atoms with E-state index in [0.29, 0.717) is 11.9 Å². The van der Waals surface area contributed by atoms with Crippen LogP contribution in [0.25, 0.3) is 10.9 Å². The summed E-state index contributed by atoms with van der Waals surface area (Å²) in [7, 11) is -0.542. The zero-order valence-corrected chi connectivity index (χ0v) is 12.0. The highest BCUT2D eigenvalue weighted by molar-refractivity contribution is 7.89. The minimum absolute atomic E-state index is 0.148. The second-order valence-electron chi connectivity index (χ2n) is 4.62. The van der Waals surface area contributed by atoms with Gasteiger partial charge in [-0.1, -0.05) is 6.07 Å². The fourth-order valence-corrected chi connectivity index (χ4v) is 2.88. The van der Waals surface area contributed by atoms with Gasteiger partial charge in [0.15, 0.2) is 0 Å². The van der Waals surface area contributed by atoms with Crippen molar-refractivity contribution in [3.8, 4) is 0 Å². The van der Waals surface area contributed by atoms with E-state index in [2.05, 4.69) is 4.98 Å². The molecule has 0 fully saturated rings. The molecule has 20 heavy (non-hydrogen) atoms. The summed E-state index contributed by atoms with van der Waals surface area (Å²) in [5, 5.41) is 11.2. The van der Waals surface area contributed by atoms with Crippen molar-refractivity contribution < 1.29 is 13.3 Å². The Morgan fingerprint density at radius 2 is 2.05 bits per heavy atom. The van der Waals surface area contributed by atoms with Crippen molar-refractivity contribution in [3.63, 3.8) is 0 Å². The first-order valence-electron chi connectivity index (χ1n) is 5.96. The molecule has 0 saturated heterocycles. The molecule has 2 rings (SSSR count). The molecule has 0 atom stereocenters. The number of aromatic nitrogens is 1. The molecule has 1 heterocycles. The molecular weight excluding hydrogens is 282 g/mol.